The van der Waals surface area contributed by atoms with Crippen molar-refractivity contribution in [3.8, 4) is 0 Å². The number of benzene rings is 1. The van der Waals surface area contributed by atoms with Crippen LogP contribution >= 0.6 is 0 Å². The Morgan fingerprint density at radius 2 is 1.90 bits per heavy atom. The number of rotatable bonds is 6. The number of nitrogens with one attached hydrogen (secondary N) is 2. The van der Waals surface area contributed by atoms with Gasteiger partial charge in [-0.3, -0.25) is 0 Å². The summed E-state index contributed by atoms with van der Waals surface area (Å²) in [5.41, 5.74) is 0.269. The summed E-state index contributed by atoms with van der Waals surface area (Å²) in [6.07, 6.45) is -5.79. The lowest BCUT2D eigenvalue weighted by Gasteiger charge is -2.17. The molecule has 0 saturated carbocycles. The van der Waals surface area contributed by atoms with Crippen molar-refractivity contribution in [1.29, 1.82) is 0 Å². The molecule has 1 unspecified atom stereocenters. The summed E-state index contributed by atoms with van der Waals surface area (Å²) in [6, 6.07) is 1.80. The minimum absolute atomic E-state index is 0.143. The van der Waals surface area contributed by atoms with E-state index in [4.69, 9.17) is 0 Å². The van der Waals surface area contributed by atoms with Crippen LogP contribution in [0.5, 0.6) is 0 Å². The molecule has 0 amide bonds. The van der Waals surface area contributed by atoms with Crippen molar-refractivity contribution < 1.29 is 26.0 Å². The molecule has 4 nitrogen and oxygen atoms in total. The van der Waals surface area contributed by atoms with Gasteiger partial charge in [0, 0.05) is 12.6 Å². The summed E-state index contributed by atoms with van der Waals surface area (Å²) in [7, 11) is -2.67. The van der Waals surface area contributed by atoms with E-state index in [2.05, 4.69) is 5.32 Å². The quantitative estimate of drug-likeness (QED) is 0.787. The molecule has 1 atom stereocenters. The fraction of sp³-hybridized carbons (Fsp3) is 0.500. The Balaban J connectivity index is 3.05. The second kappa shape index (κ2) is 6.71. The topological polar surface area (TPSA) is 58.2 Å². The molecule has 21 heavy (non-hydrogen) atoms. The van der Waals surface area contributed by atoms with E-state index in [1.165, 1.54) is 6.07 Å². The van der Waals surface area contributed by atoms with Gasteiger partial charge >= 0.3 is 6.18 Å². The molecule has 0 radical (unpaired) electrons. The van der Waals surface area contributed by atoms with Crippen molar-refractivity contribution in [2.75, 3.05) is 7.05 Å². The van der Waals surface area contributed by atoms with Crippen LogP contribution in [-0.2, 0) is 16.6 Å². The monoisotopic (exact) mass is 328 g/mol. The Hall–Kier alpha value is -1.19. The van der Waals surface area contributed by atoms with E-state index in [1.54, 1.807) is 7.05 Å². The second-order valence-electron chi connectivity index (χ2n) is 4.62. The Morgan fingerprint density at radius 1 is 1.29 bits per heavy atom. The van der Waals surface area contributed by atoms with Gasteiger partial charge in [0.2, 0.25) is 10.0 Å². The van der Waals surface area contributed by atoms with E-state index in [9.17, 15) is 26.0 Å². The van der Waals surface area contributed by atoms with Crippen molar-refractivity contribution in [2.45, 2.75) is 37.0 Å². The van der Waals surface area contributed by atoms with Crippen molar-refractivity contribution in [3.05, 3.63) is 29.6 Å². The van der Waals surface area contributed by atoms with Crippen LogP contribution in [0.15, 0.2) is 23.1 Å². The highest BCUT2D eigenvalue weighted by Crippen LogP contribution is 2.23. The standard InChI is InChI=1S/C12H16F4N2O2S/c1-8(6-12(14,15)16)18-21(19,20)11-5-10(13)4-3-9(11)7-17-2/h3-5,8,17-18H,6-7H2,1-2H3. The van der Waals surface area contributed by atoms with Gasteiger partial charge in [0.25, 0.3) is 0 Å². The third-order valence-electron chi connectivity index (χ3n) is 2.58. The van der Waals surface area contributed by atoms with Gasteiger partial charge < -0.3 is 5.32 Å². The first kappa shape index (κ1) is 17.9. The van der Waals surface area contributed by atoms with Crippen LogP contribution in [0.25, 0.3) is 0 Å². The van der Waals surface area contributed by atoms with E-state index in [-0.39, 0.29) is 17.0 Å². The largest absolute Gasteiger partial charge is 0.390 e. The fourth-order valence-electron chi connectivity index (χ4n) is 1.83. The Morgan fingerprint density at radius 3 is 2.43 bits per heavy atom. The summed E-state index contributed by atoms with van der Waals surface area (Å²) in [5.74, 6) is -0.779. The average Bonchev–Trinajstić information content (AvgIpc) is 2.28. The minimum atomic E-state index is -4.49. The maximum Gasteiger partial charge on any atom is 0.390 e. The average molecular weight is 328 g/mol. The lowest BCUT2D eigenvalue weighted by molar-refractivity contribution is -0.137. The molecule has 1 aromatic carbocycles. The highest BCUT2D eigenvalue weighted by atomic mass is 32.2. The van der Waals surface area contributed by atoms with Crippen molar-refractivity contribution in [3.63, 3.8) is 0 Å². The molecule has 0 aliphatic carbocycles. The Kier molecular flexibility index (Phi) is 5.71. The lowest BCUT2D eigenvalue weighted by atomic mass is 10.2. The normalized spacial score (nSPS) is 14.2. The van der Waals surface area contributed by atoms with Gasteiger partial charge in [0.05, 0.1) is 11.3 Å². The van der Waals surface area contributed by atoms with E-state index in [1.807, 2.05) is 4.72 Å². The molecular weight excluding hydrogens is 312 g/mol. The summed E-state index contributed by atoms with van der Waals surface area (Å²) >= 11 is 0. The molecule has 9 heteroatoms. The number of hydrogen-bond acceptors (Lipinski definition) is 3. The lowest BCUT2D eigenvalue weighted by Crippen LogP contribution is -2.36. The van der Waals surface area contributed by atoms with Gasteiger partial charge in [-0.25, -0.2) is 17.5 Å². The van der Waals surface area contributed by atoms with E-state index in [0.717, 1.165) is 19.1 Å². The maximum absolute atomic E-state index is 13.2. The molecule has 0 bridgehead atoms. The van der Waals surface area contributed by atoms with Gasteiger partial charge in [0.1, 0.15) is 5.82 Å². The number of hydrogen-bond donors (Lipinski definition) is 2. The van der Waals surface area contributed by atoms with Crippen molar-refractivity contribution in [1.82, 2.24) is 10.0 Å². The van der Waals surface area contributed by atoms with Gasteiger partial charge in [-0.15, -0.1) is 0 Å². The highest BCUT2D eigenvalue weighted by molar-refractivity contribution is 7.89. The van der Waals surface area contributed by atoms with Crippen LogP contribution in [0.4, 0.5) is 17.6 Å². The van der Waals surface area contributed by atoms with Gasteiger partial charge in [-0.2, -0.15) is 13.2 Å². The molecule has 1 rings (SSSR count). The van der Waals surface area contributed by atoms with Crippen LogP contribution in [0.1, 0.15) is 18.9 Å². The third-order valence-corrected chi connectivity index (χ3v) is 4.25. The summed E-state index contributed by atoms with van der Waals surface area (Å²) in [6.45, 7) is 1.24. The molecular formula is C12H16F4N2O2S. The number of halogens is 4. The van der Waals surface area contributed by atoms with Gasteiger partial charge in [0.15, 0.2) is 0 Å². The van der Waals surface area contributed by atoms with E-state index >= 15 is 0 Å². The zero-order valence-electron chi connectivity index (χ0n) is 11.5. The molecule has 0 aromatic heterocycles. The summed E-state index contributed by atoms with van der Waals surface area (Å²) in [5, 5.41) is 2.71. The van der Waals surface area contributed by atoms with Gasteiger partial charge in [-0.05, 0) is 31.7 Å². The first-order valence-electron chi connectivity index (χ1n) is 6.07. The Labute approximate surface area is 120 Å². The fourth-order valence-corrected chi connectivity index (χ4v) is 3.33. The predicted molar refractivity (Wildman–Crippen MR) is 69.6 cm³/mol. The first-order valence-corrected chi connectivity index (χ1v) is 7.55. The van der Waals surface area contributed by atoms with Crippen molar-refractivity contribution >= 4 is 10.0 Å². The predicted octanol–water partition coefficient (Wildman–Crippen LogP) is 2.16. The van der Waals surface area contributed by atoms with E-state index < -0.39 is 34.5 Å². The maximum atomic E-state index is 13.2. The molecule has 1 aromatic rings. The van der Waals surface area contributed by atoms with Crippen LogP contribution in [0.3, 0.4) is 0 Å². The van der Waals surface area contributed by atoms with Crippen LogP contribution in [0, 0.1) is 5.82 Å². The summed E-state index contributed by atoms with van der Waals surface area (Å²) in [4.78, 5) is -0.370. The smallest absolute Gasteiger partial charge is 0.316 e. The Bertz CT molecular complexity index is 587. The molecule has 2 N–H and O–H groups in total. The highest BCUT2D eigenvalue weighted by Gasteiger charge is 2.32. The zero-order chi connectivity index (χ0) is 16.3. The molecule has 0 fully saturated rings. The van der Waals surface area contributed by atoms with Crippen molar-refractivity contribution in [2.24, 2.45) is 0 Å². The molecule has 0 saturated heterocycles. The van der Waals surface area contributed by atoms with Crippen LogP contribution < -0.4 is 10.0 Å². The van der Waals surface area contributed by atoms with Crippen LogP contribution in [0.2, 0.25) is 0 Å². The zero-order valence-corrected chi connectivity index (χ0v) is 12.3. The first-order chi connectivity index (χ1) is 9.55. The molecule has 0 aliphatic heterocycles. The van der Waals surface area contributed by atoms with Gasteiger partial charge in [-0.1, -0.05) is 6.07 Å². The number of sulfonamides is 1. The second-order valence-corrected chi connectivity index (χ2v) is 6.31. The molecule has 0 aliphatic rings. The third kappa shape index (κ3) is 5.60. The van der Waals surface area contributed by atoms with E-state index in [0.29, 0.717) is 0 Å². The number of alkyl halides is 3. The van der Waals surface area contributed by atoms with Crippen LogP contribution in [-0.4, -0.2) is 27.7 Å². The minimum Gasteiger partial charge on any atom is -0.316 e. The SMILES string of the molecule is CNCc1ccc(F)cc1S(=O)(=O)NC(C)CC(F)(F)F. The molecule has 0 spiro atoms. The molecule has 120 valence electrons. The summed E-state index contributed by atoms with van der Waals surface area (Å²) < 4.78 is 76.1. The molecule has 0 heterocycles.